The van der Waals surface area contributed by atoms with Gasteiger partial charge in [-0.1, -0.05) is 12.1 Å². The first-order valence-corrected chi connectivity index (χ1v) is 9.91. The Labute approximate surface area is 176 Å². The summed E-state index contributed by atoms with van der Waals surface area (Å²) in [6.45, 7) is 1.72. The lowest BCUT2D eigenvalue weighted by molar-refractivity contribution is -0.125. The number of ether oxygens (including phenoxy) is 3. The van der Waals surface area contributed by atoms with E-state index in [0.717, 1.165) is 11.3 Å². The minimum absolute atomic E-state index is 0.0714. The lowest BCUT2D eigenvalue weighted by Crippen LogP contribution is -2.37. The van der Waals surface area contributed by atoms with Gasteiger partial charge in [-0.2, -0.15) is 0 Å². The van der Waals surface area contributed by atoms with Crippen molar-refractivity contribution in [3.05, 3.63) is 59.7 Å². The minimum atomic E-state index is -0.336. The number of amides is 2. The lowest BCUT2D eigenvalue weighted by atomic mass is 9.88. The number of nitrogens with zero attached hydrogens (tertiary/aromatic N) is 1. The van der Waals surface area contributed by atoms with Crippen LogP contribution in [0, 0.1) is 5.92 Å². The topological polar surface area (TPSA) is 77.1 Å². The Hall–Kier alpha value is -3.06. The van der Waals surface area contributed by atoms with E-state index in [1.165, 1.54) is 0 Å². The molecule has 1 aliphatic rings. The number of carbonyl (C=O) groups excluding carboxylic acids is 2. The highest BCUT2D eigenvalue weighted by Crippen LogP contribution is 2.34. The fraction of sp³-hybridized carbons (Fsp3) is 0.391. The summed E-state index contributed by atoms with van der Waals surface area (Å²) in [6, 6.07) is 14.7. The van der Waals surface area contributed by atoms with E-state index in [0.29, 0.717) is 37.6 Å². The average Bonchev–Trinajstić information content (AvgIpc) is 3.24. The summed E-state index contributed by atoms with van der Waals surface area (Å²) in [5, 5.41) is 2.92. The molecule has 2 atom stereocenters. The zero-order valence-corrected chi connectivity index (χ0v) is 17.6. The quantitative estimate of drug-likeness (QED) is 0.674. The van der Waals surface area contributed by atoms with E-state index < -0.39 is 0 Å². The lowest BCUT2D eigenvalue weighted by Gasteiger charge is -2.18. The van der Waals surface area contributed by atoms with Crippen LogP contribution in [-0.2, 0) is 9.53 Å². The van der Waals surface area contributed by atoms with Crippen molar-refractivity contribution in [1.82, 2.24) is 10.2 Å². The number of benzene rings is 2. The highest BCUT2D eigenvalue weighted by atomic mass is 16.5. The van der Waals surface area contributed by atoms with Gasteiger partial charge >= 0.3 is 0 Å². The van der Waals surface area contributed by atoms with E-state index in [1.807, 2.05) is 24.3 Å². The molecule has 2 amide bonds. The average molecular weight is 412 g/mol. The van der Waals surface area contributed by atoms with E-state index in [-0.39, 0.29) is 23.7 Å². The van der Waals surface area contributed by atoms with Crippen LogP contribution in [0.3, 0.4) is 0 Å². The SMILES string of the molecule is COCCNC(=O)[C@@H]1CN(C(=O)c2ccc(OC)cc2)C[C@H]1c1ccc(OC)cc1. The van der Waals surface area contributed by atoms with Crippen molar-refractivity contribution < 1.29 is 23.8 Å². The molecule has 1 saturated heterocycles. The Morgan fingerprint density at radius 3 is 2.10 bits per heavy atom. The number of methoxy groups -OCH3 is 3. The summed E-state index contributed by atoms with van der Waals surface area (Å²) in [6.07, 6.45) is 0. The molecule has 30 heavy (non-hydrogen) atoms. The third-order valence-electron chi connectivity index (χ3n) is 5.43. The predicted octanol–water partition coefficient (Wildman–Crippen LogP) is 2.32. The van der Waals surface area contributed by atoms with Crippen molar-refractivity contribution in [3.63, 3.8) is 0 Å². The number of likely N-dealkylation sites (tertiary alicyclic amines) is 1. The van der Waals surface area contributed by atoms with Crippen LogP contribution < -0.4 is 14.8 Å². The predicted molar refractivity (Wildman–Crippen MR) is 113 cm³/mol. The Kier molecular flexibility index (Phi) is 7.30. The van der Waals surface area contributed by atoms with Crippen molar-refractivity contribution in [3.8, 4) is 11.5 Å². The van der Waals surface area contributed by atoms with Gasteiger partial charge in [0.1, 0.15) is 11.5 Å². The Balaban J connectivity index is 1.80. The third kappa shape index (κ3) is 4.91. The van der Waals surface area contributed by atoms with Crippen LogP contribution in [-0.4, -0.2) is 64.3 Å². The molecule has 7 nitrogen and oxygen atoms in total. The second-order valence-electron chi connectivity index (χ2n) is 7.21. The van der Waals surface area contributed by atoms with E-state index in [4.69, 9.17) is 14.2 Å². The number of nitrogens with one attached hydrogen (secondary N) is 1. The standard InChI is InChI=1S/C23H28N2O5/c1-28-13-12-24-22(26)21-15-25(23(27)17-6-10-19(30-3)11-7-17)14-20(21)16-4-8-18(29-2)9-5-16/h4-11,20-21H,12-15H2,1-3H3,(H,24,26)/t20-,21+/m0/s1. The van der Waals surface area contributed by atoms with Gasteiger partial charge < -0.3 is 24.4 Å². The zero-order chi connectivity index (χ0) is 21.5. The molecule has 1 aliphatic heterocycles. The highest BCUT2D eigenvalue weighted by Gasteiger charge is 2.40. The summed E-state index contributed by atoms with van der Waals surface area (Å²) in [5.41, 5.74) is 1.58. The van der Waals surface area contributed by atoms with Gasteiger partial charge in [-0.05, 0) is 42.0 Å². The molecule has 0 spiro atoms. The van der Waals surface area contributed by atoms with Crippen LogP contribution in [0.15, 0.2) is 48.5 Å². The molecular weight excluding hydrogens is 384 g/mol. The van der Waals surface area contributed by atoms with Gasteiger partial charge in [0.05, 0.1) is 26.7 Å². The maximum Gasteiger partial charge on any atom is 0.253 e. The van der Waals surface area contributed by atoms with Crippen molar-refractivity contribution in [1.29, 1.82) is 0 Å². The monoisotopic (exact) mass is 412 g/mol. The number of hydrogen-bond donors (Lipinski definition) is 1. The van der Waals surface area contributed by atoms with Gasteiger partial charge in [-0.25, -0.2) is 0 Å². The van der Waals surface area contributed by atoms with Gasteiger partial charge in [-0.15, -0.1) is 0 Å². The maximum absolute atomic E-state index is 13.1. The van der Waals surface area contributed by atoms with Crippen molar-refractivity contribution in [2.24, 2.45) is 5.92 Å². The first-order valence-electron chi connectivity index (χ1n) is 9.91. The summed E-state index contributed by atoms with van der Waals surface area (Å²) >= 11 is 0. The molecule has 1 fully saturated rings. The summed E-state index contributed by atoms with van der Waals surface area (Å²) in [5.74, 6) is 0.850. The fourth-order valence-corrected chi connectivity index (χ4v) is 3.75. The number of rotatable bonds is 8. The molecule has 0 bridgehead atoms. The van der Waals surface area contributed by atoms with Gasteiger partial charge in [0, 0.05) is 38.2 Å². The Bertz CT molecular complexity index is 851. The summed E-state index contributed by atoms with van der Waals surface area (Å²) < 4.78 is 15.4. The molecule has 160 valence electrons. The molecular formula is C23H28N2O5. The van der Waals surface area contributed by atoms with Crippen LogP contribution in [0.4, 0.5) is 0 Å². The third-order valence-corrected chi connectivity index (χ3v) is 5.43. The molecule has 2 aromatic rings. The van der Waals surface area contributed by atoms with Crippen molar-refractivity contribution in [2.45, 2.75) is 5.92 Å². The molecule has 1 N–H and O–H groups in total. The summed E-state index contributed by atoms with van der Waals surface area (Å²) in [7, 11) is 4.80. The van der Waals surface area contributed by atoms with Crippen molar-refractivity contribution >= 4 is 11.8 Å². The van der Waals surface area contributed by atoms with Crippen LogP contribution in [0.1, 0.15) is 21.8 Å². The molecule has 0 aromatic heterocycles. The molecule has 3 rings (SSSR count). The summed E-state index contributed by atoms with van der Waals surface area (Å²) in [4.78, 5) is 27.7. The largest absolute Gasteiger partial charge is 0.497 e. The van der Waals surface area contributed by atoms with Crippen molar-refractivity contribution in [2.75, 3.05) is 47.6 Å². The van der Waals surface area contributed by atoms with E-state index in [9.17, 15) is 9.59 Å². The van der Waals surface area contributed by atoms with Gasteiger partial charge in [0.25, 0.3) is 5.91 Å². The first kappa shape index (κ1) is 21.6. The van der Waals surface area contributed by atoms with Crippen LogP contribution in [0.25, 0.3) is 0 Å². The second kappa shape index (κ2) is 10.1. The Morgan fingerprint density at radius 1 is 0.933 bits per heavy atom. The van der Waals surface area contributed by atoms with Gasteiger partial charge in [0.15, 0.2) is 0 Å². The normalized spacial score (nSPS) is 18.2. The number of hydrogen-bond acceptors (Lipinski definition) is 5. The smallest absolute Gasteiger partial charge is 0.253 e. The fourth-order valence-electron chi connectivity index (χ4n) is 3.75. The zero-order valence-electron chi connectivity index (χ0n) is 17.6. The van der Waals surface area contributed by atoms with Crippen LogP contribution in [0.5, 0.6) is 11.5 Å². The minimum Gasteiger partial charge on any atom is -0.497 e. The highest BCUT2D eigenvalue weighted by molar-refractivity contribution is 5.95. The molecule has 0 aliphatic carbocycles. The van der Waals surface area contributed by atoms with E-state index in [1.54, 1.807) is 50.5 Å². The molecule has 0 saturated carbocycles. The number of carbonyl (C=O) groups is 2. The van der Waals surface area contributed by atoms with E-state index in [2.05, 4.69) is 5.32 Å². The van der Waals surface area contributed by atoms with Gasteiger partial charge in [-0.3, -0.25) is 9.59 Å². The second-order valence-corrected chi connectivity index (χ2v) is 7.21. The Morgan fingerprint density at radius 2 is 1.53 bits per heavy atom. The van der Waals surface area contributed by atoms with Crippen LogP contribution in [0.2, 0.25) is 0 Å². The molecule has 2 aromatic carbocycles. The first-order chi connectivity index (χ1) is 14.6. The van der Waals surface area contributed by atoms with E-state index >= 15 is 0 Å². The van der Waals surface area contributed by atoms with Crippen LogP contribution >= 0.6 is 0 Å². The molecule has 7 heteroatoms. The molecule has 1 heterocycles. The molecule has 0 unspecified atom stereocenters. The molecule has 0 radical (unpaired) electrons. The maximum atomic E-state index is 13.1. The van der Waals surface area contributed by atoms with Gasteiger partial charge in [0.2, 0.25) is 5.91 Å².